The molecule has 1 aromatic heterocycles. The standard InChI is InChI=1S/C15H20ClNO/c1-2-3-4-5-6-13(17)15-10-11-9-12(16)7-8-14(11)18-15/h7-10,13H,2-6,17H2,1H3. The first kappa shape index (κ1) is 13.4. The zero-order chi connectivity index (χ0) is 13.0. The number of hydrogen-bond acceptors (Lipinski definition) is 2. The SMILES string of the molecule is CCCCCCC(N)c1cc2cc(Cl)ccc2o1. The van der Waals surface area contributed by atoms with Crippen LogP contribution in [0.25, 0.3) is 11.0 Å². The van der Waals surface area contributed by atoms with E-state index in [9.17, 15) is 0 Å². The van der Waals surface area contributed by atoms with E-state index in [4.69, 9.17) is 21.8 Å². The summed E-state index contributed by atoms with van der Waals surface area (Å²) in [6.07, 6.45) is 5.91. The Bertz CT molecular complexity index is 506. The fourth-order valence-corrected chi connectivity index (χ4v) is 2.33. The molecule has 0 aliphatic heterocycles. The molecule has 0 radical (unpaired) electrons. The largest absolute Gasteiger partial charge is 0.459 e. The van der Waals surface area contributed by atoms with Crippen LogP contribution in [-0.4, -0.2) is 0 Å². The average Bonchev–Trinajstić information content (AvgIpc) is 2.77. The van der Waals surface area contributed by atoms with Crippen molar-refractivity contribution < 1.29 is 4.42 Å². The smallest absolute Gasteiger partial charge is 0.134 e. The molecule has 0 amide bonds. The summed E-state index contributed by atoms with van der Waals surface area (Å²) < 4.78 is 5.76. The number of rotatable bonds is 6. The van der Waals surface area contributed by atoms with Crippen LogP contribution < -0.4 is 5.73 Å². The molecule has 0 bridgehead atoms. The van der Waals surface area contributed by atoms with Crippen molar-refractivity contribution in [3.8, 4) is 0 Å². The summed E-state index contributed by atoms with van der Waals surface area (Å²) in [4.78, 5) is 0. The zero-order valence-electron chi connectivity index (χ0n) is 10.8. The van der Waals surface area contributed by atoms with Crippen molar-refractivity contribution in [3.05, 3.63) is 35.0 Å². The molecule has 1 unspecified atom stereocenters. The summed E-state index contributed by atoms with van der Waals surface area (Å²) >= 11 is 5.95. The van der Waals surface area contributed by atoms with E-state index in [0.717, 1.165) is 34.6 Å². The Morgan fingerprint density at radius 1 is 1.22 bits per heavy atom. The lowest BCUT2D eigenvalue weighted by atomic mass is 10.1. The number of nitrogens with two attached hydrogens (primary N) is 1. The number of hydrogen-bond donors (Lipinski definition) is 1. The molecule has 18 heavy (non-hydrogen) atoms. The molecule has 98 valence electrons. The number of fused-ring (bicyclic) bond motifs is 1. The molecule has 0 aliphatic carbocycles. The fourth-order valence-electron chi connectivity index (χ4n) is 2.15. The van der Waals surface area contributed by atoms with Gasteiger partial charge < -0.3 is 10.2 Å². The fraction of sp³-hybridized carbons (Fsp3) is 0.467. The number of furan rings is 1. The predicted octanol–water partition coefficient (Wildman–Crippen LogP) is 5.06. The van der Waals surface area contributed by atoms with Gasteiger partial charge in [0.25, 0.3) is 0 Å². The van der Waals surface area contributed by atoms with Gasteiger partial charge in [-0.05, 0) is 30.7 Å². The number of unbranched alkanes of at least 4 members (excludes halogenated alkanes) is 3. The minimum absolute atomic E-state index is 0.00645. The molecular weight excluding hydrogens is 246 g/mol. The van der Waals surface area contributed by atoms with E-state index in [2.05, 4.69) is 6.92 Å². The third kappa shape index (κ3) is 3.27. The minimum atomic E-state index is -0.00645. The Morgan fingerprint density at radius 3 is 2.83 bits per heavy atom. The second-order valence-corrected chi connectivity index (χ2v) is 5.22. The number of halogens is 1. The molecule has 0 fully saturated rings. The van der Waals surface area contributed by atoms with Crippen molar-refractivity contribution in [2.75, 3.05) is 0 Å². The Hall–Kier alpha value is -0.990. The van der Waals surface area contributed by atoms with E-state index in [0.29, 0.717) is 0 Å². The Kier molecular flexibility index (Phi) is 4.67. The summed E-state index contributed by atoms with van der Waals surface area (Å²) in [6.45, 7) is 2.21. The first-order chi connectivity index (χ1) is 8.70. The van der Waals surface area contributed by atoms with Crippen molar-refractivity contribution in [1.29, 1.82) is 0 Å². The highest BCUT2D eigenvalue weighted by molar-refractivity contribution is 6.31. The van der Waals surface area contributed by atoms with Gasteiger partial charge in [0.15, 0.2) is 0 Å². The highest BCUT2D eigenvalue weighted by Gasteiger charge is 2.11. The predicted molar refractivity (Wildman–Crippen MR) is 76.9 cm³/mol. The maximum absolute atomic E-state index is 6.15. The first-order valence-corrected chi connectivity index (χ1v) is 7.03. The van der Waals surface area contributed by atoms with Gasteiger partial charge in [-0.1, -0.05) is 44.2 Å². The van der Waals surface area contributed by atoms with Gasteiger partial charge in [-0.15, -0.1) is 0 Å². The van der Waals surface area contributed by atoms with Crippen LogP contribution in [0.4, 0.5) is 0 Å². The van der Waals surface area contributed by atoms with E-state index >= 15 is 0 Å². The van der Waals surface area contributed by atoms with Crippen molar-refractivity contribution in [3.63, 3.8) is 0 Å². The van der Waals surface area contributed by atoms with Gasteiger partial charge in [0.05, 0.1) is 6.04 Å². The van der Waals surface area contributed by atoms with E-state index in [-0.39, 0.29) is 6.04 Å². The van der Waals surface area contributed by atoms with Crippen LogP contribution in [0.1, 0.15) is 50.8 Å². The Balaban J connectivity index is 2.01. The lowest BCUT2D eigenvalue weighted by Gasteiger charge is -2.07. The van der Waals surface area contributed by atoms with Gasteiger partial charge in [0.1, 0.15) is 11.3 Å². The van der Waals surface area contributed by atoms with E-state index < -0.39 is 0 Å². The average molecular weight is 266 g/mol. The van der Waals surface area contributed by atoms with Crippen LogP contribution >= 0.6 is 11.6 Å². The van der Waals surface area contributed by atoms with Crippen LogP contribution in [0.15, 0.2) is 28.7 Å². The molecule has 2 aromatic rings. The summed E-state index contributed by atoms with van der Waals surface area (Å²) in [5.41, 5.74) is 7.01. The van der Waals surface area contributed by atoms with Crippen molar-refractivity contribution >= 4 is 22.6 Å². The molecule has 0 aliphatic rings. The highest BCUT2D eigenvalue weighted by atomic mass is 35.5. The molecule has 0 spiro atoms. The van der Waals surface area contributed by atoms with E-state index in [1.165, 1.54) is 19.3 Å². The molecule has 1 heterocycles. The molecule has 0 saturated carbocycles. The maximum Gasteiger partial charge on any atom is 0.134 e. The minimum Gasteiger partial charge on any atom is -0.459 e. The van der Waals surface area contributed by atoms with Gasteiger partial charge in [0, 0.05) is 10.4 Å². The van der Waals surface area contributed by atoms with Gasteiger partial charge in [-0.3, -0.25) is 0 Å². The number of benzene rings is 1. The topological polar surface area (TPSA) is 39.2 Å². The maximum atomic E-state index is 6.15. The quantitative estimate of drug-likeness (QED) is 0.742. The lowest BCUT2D eigenvalue weighted by Crippen LogP contribution is -2.08. The van der Waals surface area contributed by atoms with Crippen LogP contribution in [0.3, 0.4) is 0 Å². The second-order valence-electron chi connectivity index (χ2n) is 4.79. The third-order valence-electron chi connectivity index (χ3n) is 3.23. The van der Waals surface area contributed by atoms with Crippen molar-refractivity contribution in [2.45, 2.75) is 45.1 Å². The van der Waals surface area contributed by atoms with Crippen LogP contribution in [0.5, 0.6) is 0 Å². The third-order valence-corrected chi connectivity index (χ3v) is 3.47. The monoisotopic (exact) mass is 265 g/mol. The lowest BCUT2D eigenvalue weighted by molar-refractivity contribution is 0.461. The van der Waals surface area contributed by atoms with Gasteiger partial charge in [-0.2, -0.15) is 0 Å². The molecule has 1 aromatic carbocycles. The summed E-state index contributed by atoms with van der Waals surface area (Å²) in [7, 11) is 0. The molecular formula is C15H20ClNO. The molecule has 1 atom stereocenters. The summed E-state index contributed by atoms with van der Waals surface area (Å²) in [5.74, 6) is 0.865. The molecule has 2 nitrogen and oxygen atoms in total. The van der Waals surface area contributed by atoms with Crippen molar-refractivity contribution in [1.82, 2.24) is 0 Å². The Labute approximate surface area is 113 Å². The highest BCUT2D eigenvalue weighted by Crippen LogP contribution is 2.27. The van der Waals surface area contributed by atoms with Crippen LogP contribution in [0.2, 0.25) is 5.02 Å². The summed E-state index contributed by atoms with van der Waals surface area (Å²) in [5, 5.41) is 1.76. The molecule has 2 N–H and O–H groups in total. The second kappa shape index (κ2) is 6.26. The van der Waals surface area contributed by atoms with Crippen molar-refractivity contribution in [2.24, 2.45) is 5.73 Å². The van der Waals surface area contributed by atoms with Crippen LogP contribution in [-0.2, 0) is 0 Å². The summed E-state index contributed by atoms with van der Waals surface area (Å²) in [6, 6.07) is 7.64. The first-order valence-electron chi connectivity index (χ1n) is 6.65. The van der Waals surface area contributed by atoms with Gasteiger partial charge in [0.2, 0.25) is 0 Å². The zero-order valence-corrected chi connectivity index (χ0v) is 11.5. The Morgan fingerprint density at radius 2 is 2.06 bits per heavy atom. The normalized spacial score (nSPS) is 13.1. The molecule has 0 saturated heterocycles. The molecule has 3 heteroatoms. The van der Waals surface area contributed by atoms with Crippen LogP contribution in [0, 0.1) is 0 Å². The van der Waals surface area contributed by atoms with Gasteiger partial charge in [-0.25, -0.2) is 0 Å². The van der Waals surface area contributed by atoms with Gasteiger partial charge >= 0.3 is 0 Å². The van der Waals surface area contributed by atoms with E-state index in [1.54, 1.807) is 0 Å². The molecule has 2 rings (SSSR count). The van der Waals surface area contributed by atoms with E-state index in [1.807, 2.05) is 24.3 Å².